The number of hydrogen-bond acceptors (Lipinski definition) is 4. The van der Waals surface area contributed by atoms with E-state index in [1.54, 1.807) is 0 Å². The monoisotopic (exact) mass is 225 g/mol. The van der Waals surface area contributed by atoms with E-state index in [0.29, 0.717) is 17.5 Å². The lowest BCUT2D eigenvalue weighted by atomic mass is 9.93. The number of aryl methyl sites for hydroxylation is 1. The summed E-state index contributed by atoms with van der Waals surface area (Å²) in [6, 6.07) is 0. The van der Waals surface area contributed by atoms with Crippen molar-refractivity contribution in [3.05, 3.63) is 15.6 Å². The summed E-state index contributed by atoms with van der Waals surface area (Å²) in [7, 11) is 0. The van der Waals surface area contributed by atoms with Crippen molar-refractivity contribution in [3.63, 3.8) is 0 Å². The van der Waals surface area contributed by atoms with Crippen molar-refractivity contribution in [2.24, 2.45) is 5.92 Å². The van der Waals surface area contributed by atoms with Crippen LogP contribution in [0.5, 0.6) is 0 Å². The highest BCUT2D eigenvalue weighted by atomic mass is 32.1. The first-order valence-electron chi connectivity index (χ1n) is 5.36. The summed E-state index contributed by atoms with van der Waals surface area (Å²) in [4.78, 5) is 17.1. The van der Waals surface area contributed by atoms with Crippen molar-refractivity contribution in [2.75, 3.05) is 6.61 Å². The molecule has 3 nitrogen and oxygen atoms in total. The Bertz CT molecular complexity index is 373. The van der Waals surface area contributed by atoms with E-state index in [1.807, 2.05) is 6.92 Å². The smallest absolute Gasteiger partial charge is 0.367 e. The first-order valence-corrected chi connectivity index (χ1v) is 6.18. The minimum atomic E-state index is -0.274. The molecule has 0 aromatic carbocycles. The number of hydrogen-bond donors (Lipinski definition) is 0. The van der Waals surface area contributed by atoms with Gasteiger partial charge in [0.25, 0.3) is 0 Å². The van der Waals surface area contributed by atoms with Gasteiger partial charge in [-0.1, -0.05) is 6.92 Å². The molecule has 82 valence electrons. The fraction of sp³-hybridized carbons (Fsp3) is 0.636. The predicted molar refractivity (Wildman–Crippen MR) is 59.3 cm³/mol. The highest BCUT2D eigenvalue weighted by Gasteiger charge is 2.22. The van der Waals surface area contributed by atoms with Gasteiger partial charge in [-0.3, -0.25) is 0 Å². The van der Waals surface area contributed by atoms with Gasteiger partial charge in [0.05, 0.1) is 12.3 Å². The van der Waals surface area contributed by atoms with Crippen molar-refractivity contribution in [2.45, 2.75) is 33.1 Å². The van der Waals surface area contributed by atoms with Crippen LogP contribution < -0.4 is 0 Å². The molecule has 0 N–H and O–H groups in total. The van der Waals surface area contributed by atoms with E-state index >= 15 is 0 Å². The zero-order chi connectivity index (χ0) is 10.8. The fourth-order valence-electron chi connectivity index (χ4n) is 1.83. The predicted octanol–water partition coefficient (Wildman–Crippen LogP) is 2.44. The van der Waals surface area contributed by atoms with Gasteiger partial charge in [-0.15, -0.1) is 11.3 Å². The Balaban J connectivity index is 2.19. The van der Waals surface area contributed by atoms with E-state index in [1.165, 1.54) is 22.6 Å². The van der Waals surface area contributed by atoms with Gasteiger partial charge >= 0.3 is 5.97 Å². The van der Waals surface area contributed by atoms with Crippen molar-refractivity contribution in [1.82, 2.24) is 4.98 Å². The molecule has 1 aliphatic carbocycles. The number of rotatable bonds is 2. The topological polar surface area (TPSA) is 39.2 Å². The van der Waals surface area contributed by atoms with Crippen LogP contribution in [0.3, 0.4) is 0 Å². The summed E-state index contributed by atoms with van der Waals surface area (Å²) in [5, 5.41) is 0.524. The summed E-state index contributed by atoms with van der Waals surface area (Å²) in [5.41, 5.74) is 1.11. The van der Waals surface area contributed by atoms with Gasteiger partial charge in [-0.2, -0.15) is 0 Å². The van der Waals surface area contributed by atoms with E-state index < -0.39 is 0 Å². The fourth-order valence-corrected chi connectivity index (χ4v) is 2.83. The largest absolute Gasteiger partial charge is 0.461 e. The molecular formula is C11H15NO2S. The Hall–Kier alpha value is -0.900. The van der Waals surface area contributed by atoms with E-state index in [9.17, 15) is 4.79 Å². The maximum Gasteiger partial charge on any atom is 0.367 e. The van der Waals surface area contributed by atoms with Gasteiger partial charge in [-0.25, -0.2) is 9.78 Å². The van der Waals surface area contributed by atoms with Gasteiger partial charge in [0.1, 0.15) is 0 Å². The molecule has 1 atom stereocenters. The number of ether oxygens (including phenoxy) is 1. The van der Waals surface area contributed by atoms with Crippen LogP contribution in [0, 0.1) is 5.92 Å². The van der Waals surface area contributed by atoms with Crippen LogP contribution in [0.15, 0.2) is 0 Å². The molecule has 1 aromatic heterocycles. The van der Waals surface area contributed by atoms with Crippen molar-refractivity contribution in [1.29, 1.82) is 0 Å². The second-order valence-corrected chi connectivity index (χ2v) is 5.04. The third kappa shape index (κ3) is 2.20. The van der Waals surface area contributed by atoms with Crippen LogP contribution in [0.2, 0.25) is 0 Å². The standard InChI is InChI=1S/C11H15NO2S/c1-3-14-11(13)10-12-8-6-7(2)4-5-9(8)15-10/h7H,3-6H2,1-2H3. The first kappa shape index (κ1) is 10.6. The number of aromatic nitrogens is 1. The third-order valence-electron chi connectivity index (χ3n) is 2.63. The van der Waals surface area contributed by atoms with Crippen molar-refractivity contribution < 1.29 is 9.53 Å². The molecule has 1 aromatic rings. The lowest BCUT2D eigenvalue weighted by Crippen LogP contribution is -2.10. The van der Waals surface area contributed by atoms with Crippen LogP contribution in [-0.4, -0.2) is 17.6 Å². The lowest BCUT2D eigenvalue weighted by molar-refractivity contribution is 0.0525. The minimum Gasteiger partial charge on any atom is -0.461 e. The molecule has 0 radical (unpaired) electrons. The Morgan fingerprint density at radius 1 is 1.67 bits per heavy atom. The maximum atomic E-state index is 11.5. The van der Waals surface area contributed by atoms with E-state index in [2.05, 4.69) is 11.9 Å². The van der Waals surface area contributed by atoms with Crippen LogP contribution >= 0.6 is 11.3 Å². The summed E-state index contributed by atoms with van der Waals surface area (Å²) < 4.78 is 4.94. The number of carbonyl (C=O) groups is 1. The average Bonchev–Trinajstić information content (AvgIpc) is 2.60. The summed E-state index contributed by atoms with van der Waals surface area (Å²) >= 11 is 1.50. The average molecular weight is 225 g/mol. The molecule has 1 unspecified atom stereocenters. The Labute approximate surface area is 93.5 Å². The number of nitrogens with zero attached hydrogens (tertiary/aromatic N) is 1. The van der Waals surface area contributed by atoms with Gasteiger partial charge in [-0.05, 0) is 32.1 Å². The van der Waals surface area contributed by atoms with Crippen LogP contribution in [0.4, 0.5) is 0 Å². The van der Waals surface area contributed by atoms with Gasteiger partial charge in [0.15, 0.2) is 0 Å². The number of esters is 1. The maximum absolute atomic E-state index is 11.5. The second kappa shape index (κ2) is 4.31. The molecule has 2 rings (SSSR count). The molecule has 15 heavy (non-hydrogen) atoms. The highest BCUT2D eigenvalue weighted by Crippen LogP contribution is 2.29. The third-order valence-corrected chi connectivity index (χ3v) is 3.77. The number of thiazole rings is 1. The van der Waals surface area contributed by atoms with E-state index in [4.69, 9.17) is 4.74 Å². The van der Waals surface area contributed by atoms with Crippen LogP contribution in [-0.2, 0) is 17.6 Å². The molecule has 1 heterocycles. The lowest BCUT2D eigenvalue weighted by Gasteiger charge is -2.15. The molecule has 0 saturated carbocycles. The molecule has 0 fully saturated rings. The minimum absolute atomic E-state index is 0.274. The normalized spacial score (nSPS) is 19.7. The summed E-state index contributed by atoms with van der Waals surface area (Å²) in [6.07, 6.45) is 3.27. The van der Waals surface area contributed by atoms with Crippen molar-refractivity contribution in [3.8, 4) is 0 Å². The van der Waals surface area contributed by atoms with Crippen molar-refractivity contribution >= 4 is 17.3 Å². The SMILES string of the molecule is CCOC(=O)c1nc2c(s1)CCC(C)C2. The molecule has 0 amide bonds. The number of carbonyl (C=O) groups excluding carboxylic acids is 1. The summed E-state index contributed by atoms with van der Waals surface area (Å²) in [5.74, 6) is 0.416. The highest BCUT2D eigenvalue weighted by molar-refractivity contribution is 7.13. The quantitative estimate of drug-likeness (QED) is 0.726. The molecule has 4 heteroatoms. The number of fused-ring (bicyclic) bond motifs is 1. The molecule has 0 bridgehead atoms. The van der Waals surface area contributed by atoms with Crippen LogP contribution in [0.1, 0.15) is 40.6 Å². The van der Waals surface area contributed by atoms with Gasteiger partial charge < -0.3 is 4.74 Å². The van der Waals surface area contributed by atoms with Gasteiger partial charge in [0.2, 0.25) is 5.01 Å². The Morgan fingerprint density at radius 2 is 2.47 bits per heavy atom. The van der Waals surface area contributed by atoms with E-state index in [-0.39, 0.29) is 5.97 Å². The molecular weight excluding hydrogens is 210 g/mol. The van der Waals surface area contributed by atoms with Crippen LogP contribution in [0.25, 0.3) is 0 Å². The first-order chi connectivity index (χ1) is 7.20. The molecule has 0 spiro atoms. The molecule has 0 aliphatic heterocycles. The zero-order valence-electron chi connectivity index (χ0n) is 9.08. The summed E-state index contributed by atoms with van der Waals surface area (Å²) in [6.45, 7) is 4.46. The van der Waals surface area contributed by atoms with Gasteiger partial charge in [0, 0.05) is 4.88 Å². The Morgan fingerprint density at radius 3 is 3.20 bits per heavy atom. The second-order valence-electron chi connectivity index (χ2n) is 3.96. The molecule has 0 saturated heterocycles. The van der Waals surface area contributed by atoms with E-state index in [0.717, 1.165) is 18.5 Å². The molecule has 1 aliphatic rings. The zero-order valence-corrected chi connectivity index (χ0v) is 9.89. The Kier molecular flexibility index (Phi) is 3.05.